The lowest BCUT2D eigenvalue weighted by molar-refractivity contribution is 0.185. The summed E-state index contributed by atoms with van der Waals surface area (Å²) in [5.74, 6) is 1.46. The highest BCUT2D eigenvalue weighted by molar-refractivity contribution is 7.80. The first kappa shape index (κ1) is 14.1. The molecule has 1 heterocycles. The largest absolute Gasteiger partial charge is 0.497 e. The molecule has 3 N–H and O–H groups in total. The lowest BCUT2D eigenvalue weighted by Gasteiger charge is -2.14. The van der Waals surface area contributed by atoms with E-state index in [1.807, 2.05) is 18.2 Å². The Morgan fingerprint density at radius 3 is 3.05 bits per heavy atom. The summed E-state index contributed by atoms with van der Waals surface area (Å²) in [5, 5.41) is 3.39. The van der Waals surface area contributed by atoms with E-state index in [2.05, 4.69) is 5.32 Å². The van der Waals surface area contributed by atoms with Crippen molar-refractivity contribution in [2.24, 2.45) is 11.7 Å². The molecule has 0 amide bonds. The summed E-state index contributed by atoms with van der Waals surface area (Å²) in [6, 6.07) is 5.69. The molecule has 5 heteroatoms. The van der Waals surface area contributed by atoms with Crippen molar-refractivity contribution in [3.05, 3.63) is 23.8 Å². The molecule has 0 spiro atoms. The molecular formula is C14H20N2O2S. The summed E-state index contributed by atoms with van der Waals surface area (Å²) < 4.78 is 10.6. The third-order valence-electron chi connectivity index (χ3n) is 3.38. The third kappa shape index (κ3) is 3.81. The van der Waals surface area contributed by atoms with Crippen LogP contribution in [0.4, 0.5) is 5.69 Å². The number of nitrogens with one attached hydrogen (secondary N) is 1. The number of hydrogen-bond acceptors (Lipinski definition) is 4. The molecule has 1 aromatic carbocycles. The Hall–Kier alpha value is -1.33. The van der Waals surface area contributed by atoms with Crippen LogP contribution in [0.2, 0.25) is 0 Å². The number of rotatable bonds is 6. The van der Waals surface area contributed by atoms with E-state index < -0.39 is 0 Å². The van der Waals surface area contributed by atoms with E-state index in [0.29, 0.717) is 10.9 Å². The Kier molecular flexibility index (Phi) is 4.99. The van der Waals surface area contributed by atoms with E-state index in [1.165, 1.54) is 0 Å². The fourth-order valence-corrected chi connectivity index (χ4v) is 2.41. The first-order valence-corrected chi connectivity index (χ1v) is 6.91. The summed E-state index contributed by atoms with van der Waals surface area (Å²) in [7, 11) is 1.65. The van der Waals surface area contributed by atoms with Crippen molar-refractivity contribution in [2.75, 3.05) is 32.2 Å². The van der Waals surface area contributed by atoms with Crippen LogP contribution >= 0.6 is 12.2 Å². The van der Waals surface area contributed by atoms with Crippen LogP contribution in [0.5, 0.6) is 5.75 Å². The number of ether oxygens (including phenoxy) is 2. The van der Waals surface area contributed by atoms with E-state index in [9.17, 15) is 0 Å². The molecule has 4 nitrogen and oxygen atoms in total. The topological polar surface area (TPSA) is 56.5 Å². The Morgan fingerprint density at radius 1 is 1.58 bits per heavy atom. The van der Waals surface area contributed by atoms with Gasteiger partial charge in [0.25, 0.3) is 0 Å². The highest BCUT2D eigenvalue weighted by atomic mass is 32.1. The Labute approximate surface area is 119 Å². The van der Waals surface area contributed by atoms with Crippen molar-refractivity contribution in [3.8, 4) is 5.75 Å². The van der Waals surface area contributed by atoms with Crippen LogP contribution in [-0.2, 0) is 4.74 Å². The number of anilines is 1. The van der Waals surface area contributed by atoms with Crippen molar-refractivity contribution in [2.45, 2.75) is 12.8 Å². The first-order valence-electron chi connectivity index (χ1n) is 6.50. The molecule has 0 saturated carbocycles. The normalized spacial score (nSPS) is 18.3. The van der Waals surface area contributed by atoms with Gasteiger partial charge in [0.05, 0.1) is 7.11 Å². The smallest absolute Gasteiger partial charge is 0.120 e. The zero-order valence-electron chi connectivity index (χ0n) is 11.1. The summed E-state index contributed by atoms with van der Waals surface area (Å²) in [6.07, 6.45) is 2.25. The van der Waals surface area contributed by atoms with Gasteiger partial charge in [0.15, 0.2) is 0 Å². The van der Waals surface area contributed by atoms with Crippen molar-refractivity contribution >= 4 is 22.9 Å². The lowest BCUT2D eigenvalue weighted by atomic mass is 10.1. The minimum absolute atomic E-state index is 0.398. The first-order chi connectivity index (χ1) is 9.20. The SMILES string of the molecule is COc1ccc(C(N)=S)c(NCCC2CCOC2)c1. The van der Waals surface area contributed by atoms with Crippen LogP contribution in [0.25, 0.3) is 0 Å². The van der Waals surface area contributed by atoms with E-state index in [0.717, 1.165) is 49.6 Å². The molecule has 1 aliphatic heterocycles. The van der Waals surface area contributed by atoms with E-state index in [-0.39, 0.29) is 0 Å². The van der Waals surface area contributed by atoms with E-state index in [4.69, 9.17) is 27.4 Å². The van der Waals surface area contributed by atoms with E-state index in [1.54, 1.807) is 7.11 Å². The van der Waals surface area contributed by atoms with Gasteiger partial charge in [-0.2, -0.15) is 0 Å². The molecule has 1 fully saturated rings. The van der Waals surface area contributed by atoms with Gasteiger partial charge in [0, 0.05) is 37.1 Å². The number of thiocarbonyl (C=S) groups is 1. The summed E-state index contributed by atoms with van der Waals surface area (Å²) in [6.45, 7) is 2.65. The predicted octanol–water partition coefficient (Wildman–Crippen LogP) is 2.17. The van der Waals surface area contributed by atoms with Crippen LogP contribution in [0.1, 0.15) is 18.4 Å². The van der Waals surface area contributed by atoms with Gasteiger partial charge in [0.2, 0.25) is 0 Å². The molecule has 1 unspecified atom stereocenters. The molecule has 0 radical (unpaired) electrons. The molecule has 1 atom stereocenters. The molecule has 1 saturated heterocycles. The van der Waals surface area contributed by atoms with Crippen LogP contribution in [0.15, 0.2) is 18.2 Å². The van der Waals surface area contributed by atoms with Crippen LogP contribution in [0, 0.1) is 5.92 Å². The lowest BCUT2D eigenvalue weighted by Crippen LogP contribution is -2.15. The average molecular weight is 280 g/mol. The zero-order valence-corrected chi connectivity index (χ0v) is 12.0. The fraction of sp³-hybridized carbons (Fsp3) is 0.500. The Morgan fingerprint density at radius 2 is 2.42 bits per heavy atom. The highest BCUT2D eigenvalue weighted by Gasteiger charge is 2.15. The average Bonchev–Trinajstić information content (AvgIpc) is 2.91. The molecule has 1 aliphatic rings. The van der Waals surface area contributed by atoms with Crippen LogP contribution < -0.4 is 15.8 Å². The molecule has 0 bridgehead atoms. The second-order valence-electron chi connectivity index (χ2n) is 4.72. The number of hydrogen-bond donors (Lipinski definition) is 2. The second kappa shape index (κ2) is 6.73. The Bertz CT molecular complexity index is 445. The molecule has 2 rings (SSSR count). The van der Waals surface area contributed by atoms with Crippen molar-refractivity contribution < 1.29 is 9.47 Å². The van der Waals surface area contributed by atoms with Crippen molar-refractivity contribution in [3.63, 3.8) is 0 Å². The number of methoxy groups -OCH3 is 1. The fourth-order valence-electron chi connectivity index (χ4n) is 2.23. The maximum Gasteiger partial charge on any atom is 0.120 e. The maximum atomic E-state index is 5.73. The van der Waals surface area contributed by atoms with Gasteiger partial charge in [-0.1, -0.05) is 12.2 Å². The highest BCUT2D eigenvalue weighted by Crippen LogP contribution is 2.23. The minimum Gasteiger partial charge on any atom is -0.497 e. The molecule has 1 aromatic rings. The van der Waals surface area contributed by atoms with Crippen LogP contribution in [-0.4, -0.2) is 31.9 Å². The molecule has 0 aromatic heterocycles. The number of nitrogens with two attached hydrogens (primary N) is 1. The predicted molar refractivity (Wildman–Crippen MR) is 80.9 cm³/mol. The molecule has 104 valence electrons. The quantitative estimate of drug-likeness (QED) is 0.782. The monoisotopic (exact) mass is 280 g/mol. The van der Waals surface area contributed by atoms with Crippen molar-refractivity contribution in [1.29, 1.82) is 0 Å². The summed E-state index contributed by atoms with van der Waals surface area (Å²) in [4.78, 5) is 0.398. The second-order valence-corrected chi connectivity index (χ2v) is 5.16. The maximum absolute atomic E-state index is 5.73. The summed E-state index contributed by atoms with van der Waals surface area (Å²) >= 11 is 5.06. The van der Waals surface area contributed by atoms with Gasteiger partial charge in [0.1, 0.15) is 10.7 Å². The van der Waals surface area contributed by atoms with Gasteiger partial charge in [-0.25, -0.2) is 0 Å². The van der Waals surface area contributed by atoms with E-state index >= 15 is 0 Å². The van der Waals surface area contributed by atoms with Crippen molar-refractivity contribution in [1.82, 2.24) is 0 Å². The van der Waals surface area contributed by atoms with Gasteiger partial charge < -0.3 is 20.5 Å². The Balaban J connectivity index is 1.98. The van der Waals surface area contributed by atoms with Gasteiger partial charge >= 0.3 is 0 Å². The molecule has 19 heavy (non-hydrogen) atoms. The number of benzene rings is 1. The van der Waals surface area contributed by atoms with Gasteiger partial charge in [-0.15, -0.1) is 0 Å². The molecular weight excluding hydrogens is 260 g/mol. The zero-order chi connectivity index (χ0) is 13.7. The van der Waals surface area contributed by atoms with Gasteiger partial charge in [-0.05, 0) is 30.9 Å². The van der Waals surface area contributed by atoms with Gasteiger partial charge in [-0.3, -0.25) is 0 Å². The molecule has 0 aliphatic carbocycles. The summed E-state index contributed by atoms with van der Waals surface area (Å²) in [5.41, 5.74) is 7.53. The minimum atomic E-state index is 0.398. The third-order valence-corrected chi connectivity index (χ3v) is 3.60. The van der Waals surface area contributed by atoms with Crippen LogP contribution in [0.3, 0.4) is 0 Å². The standard InChI is InChI=1S/C14H20N2O2S/c1-17-11-2-3-12(14(15)19)13(8-11)16-6-4-10-5-7-18-9-10/h2-3,8,10,16H,4-7,9H2,1H3,(H2,15,19).